The van der Waals surface area contributed by atoms with Crippen LogP contribution in [0.25, 0.3) is 10.1 Å². The highest BCUT2D eigenvalue weighted by molar-refractivity contribution is 7.19. The summed E-state index contributed by atoms with van der Waals surface area (Å²) in [5, 5.41) is 21.6. The molecular weight excluding hydrogens is 338 g/mol. The van der Waals surface area contributed by atoms with E-state index in [1.54, 1.807) is 12.1 Å². The zero-order valence-corrected chi connectivity index (χ0v) is 13.6. The topological polar surface area (TPSA) is 102 Å². The molecule has 0 radical (unpaired) electrons. The molecule has 3 aromatic rings. The predicted molar refractivity (Wildman–Crippen MR) is 94.2 cm³/mol. The Hall–Kier alpha value is -3.37. The fourth-order valence-corrected chi connectivity index (χ4v) is 4.30. The zero-order valence-electron chi connectivity index (χ0n) is 12.8. The minimum absolute atomic E-state index is 0.0254. The monoisotopic (exact) mass is 349 g/mol. The third kappa shape index (κ3) is 2.31. The second-order valence-electron chi connectivity index (χ2n) is 5.57. The highest BCUT2D eigenvalue weighted by Crippen LogP contribution is 2.50. The lowest BCUT2D eigenvalue weighted by Crippen LogP contribution is -2.19. The molecule has 0 aliphatic carbocycles. The minimum Gasteiger partial charge on any atom is -0.439 e. The van der Waals surface area contributed by atoms with Crippen LogP contribution in [-0.4, -0.2) is 4.92 Å². The summed E-state index contributed by atoms with van der Waals surface area (Å²) in [5.74, 6) is 0.176. The standard InChI is InChI=1S/C18H11N3O3S/c19-9-13-15(10-4-3-5-11(8-10)21(22)23)17-16(24-18(13)20)12-6-1-2-7-14(12)25-17/h1-8,15H,20H2/t15-/m1/s1. The molecule has 4 rings (SSSR count). The van der Waals surface area contributed by atoms with E-state index in [9.17, 15) is 15.4 Å². The smallest absolute Gasteiger partial charge is 0.269 e. The second kappa shape index (κ2) is 5.61. The van der Waals surface area contributed by atoms with Gasteiger partial charge >= 0.3 is 0 Å². The number of fused-ring (bicyclic) bond motifs is 3. The van der Waals surface area contributed by atoms with Gasteiger partial charge in [0.25, 0.3) is 5.69 Å². The number of nitriles is 1. The molecule has 2 aromatic carbocycles. The molecule has 6 nitrogen and oxygen atoms in total. The van der Waals surface area contributed by atoms with E-state index >= 15 is 0 Å². The average Bonchev–Trinajstić information content (AvgIpc) is 2.98. The van der Waals surface area contributed by atoms with Gasteiger partial charge in [0.15, 0.2) is 5.75 Å². The Kier molecular flexibility index (Phi) is 3.41. The largest absolute Gasteiger partial charge is 0.439 e. The quantitative estimate of drug-likeness (QED) is 0.556. The number of thiophene rings is 1. The third-order valence-electron chi connectivity index (χ3n) is 4.14. The summed E-state index contributed by atoms with van der Waals surface area (Å²) >= 11 is 1.50. The Morgan fingerprint density at radius 2 is 2.04 bits per heavy atom. The number of hydrogen-bond acceptors (Lipinski definition) is 6. The van der Waals surface area contributed by atoms with Gasteiger partial charge in [-0.3, -0.25) is 10.1 Å². The molecule has 1 atom stereocenters. The summed E-state index contributed by atoms with van der Waals surface area (Å²) in [6.45, 7) is 0. The van der Waals surface area contributed by atoms with Crippen LogP contribution < -0.4 is 10.5 Å². The fourth-order valence-electron chi connectivity index (χ4n) is 3.03. The minimum atomic E-state index is -0.481. The van der Waals surface area contributed by atoms with Crippen LogP contribution in [0, 0.1) is 21.4 Å². The van der Waals surface area contributed by atoms with Crippen molar-refractivity contribution in [2.24, 2.45) is 5.73 Å². The Balaban J connectivity index is 1.99. The lowest BCUT2D eigenvalue weighted by atomic mass is 9.88. The van der Waals surface area contributed by atoms with Crippen molar-refractivity contribution < 1.29 is 9.66 Å². The van der Waals surface area contributed by atoms with Crippen molar-refractivity contribution in [3.05, 3.63) is 80.5 Å². The first-order chi connectivity index (χ1) is 12.1. The van der Waals surface area contributed by atoms with E-state index in [0.29, 0.717) is 11.3 Å². The van der Waals surface area contributed by atoms with Crippen LogP contribution in [0.4, 0.5) is 5.69 Å². The van der Waals surface area contributed by atoms with Crippen LogP contribution in [-0.2, 0) is 0 Å². The molecular formula is C18H11N3O3S. The van der Waals surface area contributed by atoms with Gasteiger partial charge in [-0.15, -0.1) is 11.3 Å². The summed E-state index contributed by atoms with van der Waals surface area (Å²) < 4.78 is 6.74. The highest BCUT2D eigenvalue weighted by atomic mass is 32.1. The van der Waals surface area contributed by atoms with Gasteiger partial charge in [-0.25, -0.2) is 0 Å². The number of allylic oxidation sites excluding steroid dienone is 1. The van der Waals surface area contributed by atoms with E-state index in [1.165, 1.54) is 23.5 Å². The molecule has 7 heteroatoms. The number of rotatable bonds is 2. The molecule has 1 aliphatic heterocycles. The molecule has 0 saturated heterocycles. The number of hydrogen-bond donors (Lipinski definition) is 1. The lowest BCUT2D eigenvalue weighted by molar-refractivity contribution is -0.384. The number of nitrogens with two attached hydrogens (primary N) is 1. The third-order valence-corrected chi connectivity index (χ3v) is 5.36. The van der Waals surface area contributed by atoms with E-state index in [4.69, 9.17) is 10.5 Å². The average molecular weight is 349 g/mol. The molecule has 2 N–H and O–H groups in total. The maximum absolute atomic E-state index is 11.1. The summed E-state index contributed by atoms with van der Waals surface area (Å²) in [6.07, 6.45) is 0. The molecule has 122 valence electrons. The molecule has 1 aromatic heterocycles. The second-order valence-corrected chi connectivity index (χ2v) is 6.65. The van der Waals surface area contributed by atoms with Crippen LogP contribution in [0.1, 0.15) is 16.4 Å². The van der Waals surface area contributed by atoms with Crippen LogP contribution in [0.15, 0.2) is 60.0 Å². The van der Waals surface area contributed by atoms with Gasteiger partial charge < -0.3 is 10.5 Å². The first-order valence-corrected chi connectivity index (χ1v) is 8.25. The number of nitro groups is 1. The predicted octanol–water partition coefficient (Wildman–Crippen LogP) is 4.03. The molecule has 0 unspecified atom stereocenters. The Bertz CT molecular complexity index is 1090. The number of benzene rings is 2. The van der Waals surface area contributed by atoms with Crippen molar-refractivity contribution in [3.8, 4) is 11.8 Å². The first kappa shape index (κ1) is 15.2. The molecule has 2 heterocycles. The van der Waals surface area contributed by atoms with Crippen molar-refractivity contribution >= 4 is 27.1 Å². The Morgan fingerprint density at radius 3 is 2.80 bits per heavy atom. The summed E-state index contributed by atoms with van der Waals surface area (Å²) in [6, 6.07) is 16.1. The molecule has 0 bridgehead atoms. The fraction of sp³-hybridized carbons (Fsp3) is 0.0556. The maximum atomic E-state index is 11.1. The number of ether oxygens (including phenoxy) is 1. The van der Waals surface area contributed by atoms with Crippen molar-refractivity contribution in [1.29, 1.82) is 5.26 Å². The van der Waals surface area contributed by atoms with Gasteiger partial charge in [0.1, 0.15) is 11.6 Å². The molecule has 25 heavy (non-hydrogen) atoms. The van der Waals surface area contributed by atoms with Crippen LogP contribution in [0.2, 0.25) is 0 Å². The van der Waals surface area contributed by atoms with E-state index in [2.05, 4.69) is 6.07 Å². The zero-order chi connectivity index (χ0) is 17.6. The van der Waals surface area contributed by atoms with Crippen molar-refractivity contribution in [2.45, 2.75) is 5.92 Å². The maximum Gasteiger partial charge on any atom is 0.269 e. The van der Waals surface area contributed by atoms with Crippen molar-refractivity contribution in [3.63, 3.8) is 0 Å². The van der Waals surface area contributed by atoms with Gasteiger partial charge in [-0.1, -0.05) is 24.3 Å². The Labute approximate surface area is 146 Å². The van der Waals surface area contributed by atoms with Crippen LogP contribution in [0.5, 0.6) is 5.75 Å². The molecule has 0 saturated carbocycles. The van der Waals surface area contributed by atoms with E-state index in [1.807, 2.05) is 24.3 Å². The van der Waals surface area contributed by atoms with Crippen molar-refractivity contribution in [2.75, 3.05) is 0 Å². The van der Waals surface area contributed by atoms with Gasteiger partial charge in [-0.05, 0) is 17.7 Å². The molecule has 0 fully saturated rings. The van der Waals surface area contributed by atoms with Crippen LogP contribution >= 0.6 is 11.3 Å². The molecule has 0 spiro atoms. The van der Waals surface area contributed by atoms with Gasteiger partial charge in [0.2, 0.25) is 5.88 Å². The van der Waals surface area contributed by atoms with E-state index in [-0.39, 0.29) is 17.1 Å². The van der Waals surface area contributed by atoms with E-state index < -0.39 is 10.8 Å². The van der Waals surface area contributed by atoms with Gasteiger partial charge in [0, 0.05) is 22.2 Å². The summed E-state index contributed by atoms with van der Waals surface area (Å²) in [4.78, 5) is 11.5. The van der Waals surface area contributed by atoms with Gasteiger partial charge in [-0.2, -0.15) is 5.26 Å². The molecule has 1 aliphatic rings. The lowest BCUT2D eigenvalue weighted by Gasteiger charge is -2.23. The van der Waals surface area contributed by atoms with Crippen molar-refractivity contribution in [1.82, 2.24) is 0 Å². The SMILES string of the molecule is N#CC1=C(N)Oc2c(sc3ccccc23)[C@@H]1c1cccc([N+](=O)[O-])c1. The van der Waals surface area contributed by atoms with E-state index in [0.717, 1.165) is 15.0 Å². The summed E-state index contributed by atoms with van der Waals surface area (Å²) in [5.41, 5.74) is 6.87. The number of non-ortho nitro benzene ring substituents is 1. The Morgan fingerprint density at radius 1 is 1.24 bits per heavy atom. The number of nitro benzene ring substituents is 1. The highest BCUT2D eigenvalue weighted by Gasteiger charge is 2.34. The summed E-state index contributed by atoms with van der Waals surface area (Å²) in [7, 11) is 0. The number of nitrogens with zero attached hydrogens (tertiary/aromatic N) is 2. The normalized spacial score (nSPS) is 16.2. The first-order valence-electron chi connectivity index (χ1n) is 7.43. The van der Waals surface area contributed by atoms with Gasteiger partial charge in [0.05, 0.1) is 15.7 Å². The van der Waals surface area contributed by atoms with Crippen LogP contribution in [0.3, 0.4) is 0 Å². The molecule has 0 amide bonds.